The number of ether oxygens (including phenoxy) is 1. The van der Waals surface area contributed by atoms with Crippen molar-refractivity contribution in [2.45, 2.75) is 12.8 Å². The zero-order chi connectivity index (χ0) is 16.8. The maximum Gasteiger partial charge on any atom is 0.212 e. The molecule has 0 spiro atoms. The molecule has 0 aromatic carbocycles. The van der Waals surface area contributed by atoms with Crippen LogP contribution in [0.5, 0.6) is 0 Å². The summed E-state index contributed by atoms with van der Waals surface area (Å²) in [5.41, 5.74) is 1.46. The van der Waals surface area contributed by atoms with E-state index in [-0.39, 0.29) is 0 Å². The van der Waals surface area contributed by atoms with E-state index in [1.807, 2.05) is 18.2 Å². The number of rotatable bonds is 6. The van der Waals surface area contributed by atoms with Gasteiger partial charge in [-0.05, 0) is 37.0 Å². The van der Waals surface area contributed by atoms with Gasteiger partial charge in [0.2, 0.25) is 6.41 Å². The minimum Gasteiger partial charge on any atom is -0.381 e. The molecule has 1 aliphatic heterocycles. The SMILES string of the molecule is O=CNc1cc(-c2cccc(NCC3CCOCC3)n2)c(Cl)cn1. The lowest BCUT2D eigenvalue weighted by Crippen LogP contribution is -2.22. The second-order valence-corrected chi connectivity index (χ2v) is 6.06. The smallest absolute Gasteiger partial charge is 0.212 e. The zero-order valence-electron chi connectivity index (χ0n) is 13.2. The summed E-state index contributed by atoms with van der Waals surface area (Å²) >= 11 is 6.23. The van der Waals surface area contributed by atoms with Crippen molar-refractivity contribution in [3.63, 3.8) is 0 Å². The number of nitrogens with zero attached hydrogens (tertiary/aromatic N) is 2. The van der Waals surface area contributed by atoms with Crippen LogP contribution in [0.1, 0.15) is 12.8 Å². The van der Waals surface area contributed by atoms with Crippen LogP contribution in [0.15, 0.2) is 30.5 Å². The van der Waals surface area contributed by atoms with Crippen molar-refractivity contribution < 1.29 is 9.53 Å². The van der Waals surface area contributed by atoms with Crippen LogP contribution in [0.25, 0.3) is 11.3 Å². The van der Waals surface area contributed by atoms with E-state index in [4.69, 9.17) is 16.3 Å². The number of halogens is 1. The Kier molecular flexibility index (Phi) is 5.61. The molecule has 0 unspecified atom stereocenters. The maximum atomic E-state index is 10.6. The molecule has 2 aromatic heterocycles. The number of pyridine rings is 2. The topological polar surface area (TPSA) is 76.1 Å². The molecule has 1 amide bonds. The van der Waals surface area contributed by atoms with Crippen LogP contribution in [0.2, 0.25) is 5.02 Å². The molecule has 24 heavy (non-hydrogen) atoms. The molecular formula is C17H19ClN4O2. The fraction of sp³-hybridized carbons (Fsp3) is 0.353. The highest BCUT2D eigenvalue weighted by Gasteiger charge is 2.14. The number of hydrogen-bond acceptors (Lipinski definition) is 5. The number of nitrogens with one attached hydrogen (secondary N) is 2. The Morgan fingerprint density at radius 3 is 2.92 bits per heavy atom. The monoisotopic (exact) mass is 346 g/mol. The number of aromatic nitrogens is 2. The van der Waals surface area contributed by atoms with E-state index in [0.717, 1.165) is 49.7 Å². The molecule has 126 valence electrons. The van der Waals surface area contributed by atoms with E-state index >= 15 is 0 Å². The molecule has 0 atom stereocenters. The predicted octanol–water partition coefficient (Wildman–Crippen LogP) is 3.20. The first-order valence-corrected chi connectivity index (χ1v) is 8.29. The molecular weight excluding hydrogens is 328 g/mol. The van der Waals surface area contributed by atoms with Crippen molar-refractivity contribution in [3.05, 3.63) is 35.5 Å². The van der Waals surface area contributed by atoms with E-state index in [1.165, 1.54) is 6.20 Å². The minimum absolute atomic E-state index is 0.437. The fourth-order valence-corrected chi connectivity index (χ4v) is 2.86. The molecule has 0 saturated carbocycles. The molecule has 2 aromatic rings. The van der Waals surface area contributed by atoms with Crippen LogP contribution < -0.4 is 10.6 Å². The van der Waals surface area contributed by atoms with Gasteiger partial charge in [-0.2, -0.15) is 0 Å². The van der Waals surface area contributed by atoms with Crippen LogP contribution in [-0.4, -0.2) is 36.1 Å². The first-order chi connectivity index (χ1) is 11.8. The molecule has 3 rings (SSSR count). The fourth-order valence-electron chi connectivity index (χ4n) is 2.66. The van der Waals surface area contributed by atoms with Gasteiger partial charge in [-0.3, -0.25) is 4.79 Å². The van der Waals surface area contributed by atoms with Crippen molar-refractivity contribution in [1.82, 2.24) is 9.97 Å². The first-order valence-electron chi connectivity index (χ1n) is 7.91. The number of amides is 1. The average molecular weight is 347 g/mol. The summed E-state index contributed by atoms with van der Waals surface area (Å²) in [5, 5.41) is 6.40. The molecule has 0 bridgehead atoms. The summed E-state index contributed by atoms with van der Waals surface area (Å²) in [5.74, 6) is 1.85. The Hall–Kier alpha value is -2.18. The van der Waals surface area contributed by atoms with Gasteiger partial charge in [0, 0.05) is 31.5 Å². The molecule has 1 aliphatic rings. The Bertz CT molecular complexity index is 705. The van der Waals surface area contributed by atoms with Crippen LogP contribution in [-0.2, 0) is 9.53 Å². The van der Waals surface area contributed by atoms with Crippen LogP contribution >= 0.6 is 11.6 Å². The summed E-state index contributed by atoms with van der Waals surface area (Å²) in [7, 11) is 0. The van der Waals surface area contributed by atoms with E-state index in [9.17, 15) is 4.79 Å². The highest BCUT2D eigenvalue weighted by atomic mass is 35.5. The molecule has 3 heterocycles. The third-order valence-corrected chi connectivity index (χ3v) is 4.30. The second kappa shape index (κ2) is 8.08. The van der Waals surface area contributed by atoms with Crippen molar-refractivity contribution in [2.75, 3.05) is 30.4 Å². The quantitative estimate of drug-likeness (QED) is 0.785. The summed E-state index contributed by atoms with van der Waals surface area (Å²) < 4.78 is 5.38. The number of carbonyl (C=O) groups is 1. The standard InChI is InChI=1S/C17H19ClN4O2/c18-14-10-20-17(21-11-23)8-13(14)15-2-1-3-16(22-15)19-9-12-4-6-24-7-5-12/h1-3,8,10-12H,4-7,9H2,(H,19,22)(H,20,21,23). The van der Waals surface area contributed by atoms with Gasteiger partial charge >= 0.3 is 0 Å². The first kappa shape index (κ1) is 16.7. The van der Waals surface area contributed by atoms with Gasteiger partial charge in [0.25, 0.3) is 0 Å². The van der Waals surface area contributed by atoms with Crippen LogP contribution in [0, 0.1) is 5.92 Å². The van der Waals surface area contributed by atoms with Gasteiger partial charge in [0.05, 0.1) is 10.7 Å². The zero-order valence-corrected chi connectivity index (χ0v) is 13.9. The van der Waals surface area contributed by atoms with Crippen molar-refractivity contribution in [1.29, 1.82) is 0 Å². The Morgan fingerprint density at radius 1 is 1.29 bits per heavy atom. The maximum absolute atomic E-state index is 10.6. The van der Waals surface area contributed by atoms with Crippen molar-refractivity contribution in [3.8, 4) is 11.3 Å². The minimum atomic E-state index is 0.437. The van der Waals surface area contributed by atoms with Crippen molar-refractivity contribution >= 4 is 29.6 Å². The van der Waals surface area contributed by atoms with Gasteiger partial charge < -0.3 is 15.4 Å². The summed E-state index contributed by atoms with van der Waals surface area (Å²) in [6.45, 7) is 2.54. The van der Waals surface area contributed by atoms with Gasteiger partial charge in [0.1, 0.15) is 11.6 Å². The number of hydrogen-bond donors (Lipinski definition) is 2. The van der Waals surface area contributed by atoms with Gasteiger partial charge in [0.15, 0.2) is 0 Å². The molecule has 6 nitrogen and oxygen atoms in total. The lowest BCUT2D eigenvalue weighted by molar-refractivity contribution is -0.105. The van der Waals surface area contributed by atoms with Gasteiger partial charge in [-0.1, -0.05) is 17.7 Å². The van der Waals surface area contributed by atoms with Gasteiger partial charge in [-0.25, -0.2) is 9.97 Å². The molecule has 7 heteroatoms. The lowest BCUT2D eigenvalue weighted by Gasteiger charge is -2.22. The predicted molar refractivity (Wildman–Crippen MR) is 94.2 cm³/mol. The Morgan fingerprint density at radius 2 is 2.12 bits per heavy atom. The van der Waals surface area contributed by atoms with E-state index < -0.39 is 0 Å². The number of carbonyl (C=O) groups excluding carboxylic acids is 1. The summed E-state index contributed by atoms with van der Waals surface area (Å²) in [6, 6.07) is 7.45. The Labute approximate surface area is 145 Å². The third-order valence-electron chi connectivity index (χ3n) is 4.00. The lowest BCUT2D eigenvalue weighted by atomic mass is 10.0. The van der Waals surface area contributed by atoms with Crippen molar-refractivity contribution in [2.24, 2.45) is 5.92 Å². The highest BCUT2D eigenvalue weighted by Crippen LogP contribution is 2.28. The van der Waals surface area contributed by atoms with E-state index in [0.29, 0.717) is 23.2 Å². The summed E-state index contributed by atoms with van der Waals surface area (Å²) in [6.07, 6.45) is 4.24. The molecule has 1 fully saturated rings. The largest absolute Gasteiger partial charge is 0.381 e. The number of anilines is 2. The second-order valence-electron chi connectivity index (χ2n) is 5.66. The third kappa shape index (κ3) is 4.21. The average Bonchev–Trinajstić information content (AvgIpc) is 2.63. The normalized spacial score (nSPS) is 15.0. The Balaban J connectivity index is 1.74. The van der Waals surface area contributed by atoms with Gasteiger partial charge in [-0.15, -0.1) is 0 Å². The summed E-state index contributed by atoms with van der Waals surface area (Å²) in [4.78, 5) is 19.2. The van der Waals surface area contributed by atoms with E-state index in [1.54, 1.807) is 6.07 Å². The van der Waals surface area contributed by atoms with E-state index in [2.05, 4.69) is 20.6 Å². The molecule has 0 aliphatic carbocycles. The highest BCUT2D eigenvalue weighted by molar-refractivity contribution is 6.33. The van der Waals surface area contributed by atoms with Crippen LogP contribution in [0.3, 0.4) is 0 Å². The molecule has 2 N–H and O–H groups in total. The molecule has 1 saturated heterocycles. The molecule has 0 radical (unpaired) electrons. The van der Waals surface area contributed by atoms with Crippen LogP contribution in [0.4, 0.5) is 11.6 Å².